The number of likely N-dealkylation sites (tertiary alicyclic amines) is 1. The first-order chi connectivity index (χ1) is 15.0. The number of amides is 1. The predicted octanol–water partition coefficient (Wildman–Crippen LogP) is 3.20. The van der Waals surface area contributed by atoms with Gasteiger partial charge < -0.3 is 11.1 Å². The highest BCUT2D eigenvalue weighted by Gasteiger charge is 2.42. The number of hydrogen-bond acceptors (Lipinski definition) is 5. The van der Waals surface area contributed by atoms with Gasteiger partial charge in [-0.25, -0.2) is 4.39 Å². The van der Waals surface area contributed by atoms with Gasteiger partial charge in [0.1, 0.15) is 18.0 Å². The summed E-state index contributed by atoms with van der Waals surface area (Å²) in [6.07, 6.45) is -5.51. The number of primary amides is 1. The molecule has 0 radical (unpaired) electrons. The lowest BCUT2D eigenvalue weighted by Gasteiger charge is -2.38. The zero-order valence-electron chi connectivity index (χ0n) is 18.5. The average Bonchev–Trinajstić information content (AvgIpc) is 3.09. The summed E-state index contributed by atoms with van der Waals surface area (Å²) >= 11 is 0. The van der Waals surface area contributed by atoms with Crippen molar-refractivity contribution in [1.29, 1.82) is 0 Å². The van der Waals surface area contributed by atoms with Gasteiger partial charge in [0.15, 0.2) is 6.17 Å². The Labute approximate surface area is 185 Å². The van der Waals surface area contributed by atoms with E-state index in [1.807, 2.05) is 25.7 Å². The van der Waals surface area contributed by atoms with Crippen LogP contribution in [0.2, 0.25) is 0 Å². The molecule has 178 valence electrons. The zero-order valence-corrected chi connectivity index (χ0v) is 18.5. The fourth-order valence-electron chi connectivity index (χ4n) is 4.48. The van der Waals surface area contributed by atoms with E-state index in [9.17, 15) is 18.0 Å². The van der Waals surface area contributed by atoms with Crippen molar-refractivity contribution in [2.45, 2.75) is 64.2 Å². The summed E-state index contributed by atoms with van der Waals surface area (Å²) in [7, 11) is 0. The van der Waals surface area contributed by atoms with Crippen LogP contribution in [-0.4, -0.2) is 48.2 Å². The Bertz CT molecular complexity index is 827. The molecule has 1 aromatic carbocycles. The van der Waals surface area contributed by atoms with Crippen molar-refractivity contribution in [3.63, 3.8) is 0 Å². The van der Waals surface area contributed by atoms with E-state index in [0.29, 0.717) is 24.9 Å². The van der Waals surface area contributed by atoms with Crippen LogP contribution in [0.25, 0.3) is 0 Å². The summed E-state index contributed by atoms with van der Waals surface area (Å²) < 4.78 is 54.4. The van der Waals surface area contributed by atoms with Crippen molar-refractivity contribution in [2.75, 3.05) is 13.2 Å². The van der Waals surface area contributed by atoms with Crippen molar-refractivity contribution in [2.24, 2.45) is 22.6 Å². The number of amidine groups is 1. The van der Waals surface area contributed by atoms with Crippen LogP contribution in [0.4, 0.5) is 17.6 Å². The molecular weight excluding hydrogens is 426 g/mol. The number of alkyl halides is 4. The Kier molecular flexibility index (Phi) is 7.44. The number of hydrogen-bond donors (Lipinski definition) is 3. The quantitative estimate of drug-likeness (QED) is 0.573. The minimum absolute atomic E-state index is 0.0731. The van der Waals surface area contributed by atoms with E-state index in [4.69, 9.17) is 5.73 Å². The molecule has 32 heavy (non-hydrogen) atoms. The lowest BCUT2D eigenvalue weighted by atomic mass is 9.99. The average molecular weight is 458 g/mol. The van der Waals surface area contributed by atoms with E-state index in [-0.39, 0.29) is 30.4 Å². The summed E-state index contributed by atoms with van der Waals surface area (Å²) in [6.45, 7) is 6.66. The molecule has 3 rings (SSSR count). The summed E-state index contributed by atoms with van der Waals surface area (Å²) in [4.78, 5) is 17.9. The van der Waals surface area contributed by atoms with E-state index < -0.39 is 36.0 Å². The molecule has 2 aliphatic heterocycles. The molecule has 1 amide bonds. The third-order valence-electron chi connectivity index (χ3n) is 5.99. The fourth-order valence-corrected chi connectivity index (χ4v) is 4.48. The molecule has 0 saturated carbocycles. The van der Waals surface area contributed by atoms with Crippen LogP contribution in [0.1, 0.15) is 50.8 Å². The molecule has 0 spiro atoms. The summed E-state index contributed by atoms with van der Waals surface area (Å²) in [5.41, 5.74) is 5.48. The molecule has 4 unspecified atom stereocenters. The molecule has 0 aliphatic carbocycles. The van der Waals surface area contributed by atoms with Crippen molar-refractivity contribution < 1.29 is 22.4 Å². The third-order valence-corrected chi connectivity index (χ3v) is 5.99. The molecule has 1 saturated heterocycles. The first-order valence-corrected chi connectivity index (χ1v) is 10.9. The maximum atomic E-state index is 15.6. The Balaban J connectivity index is 1.78. The van der Waals surface area contributed by atoms with Crippen molar-refractivity contribution in [1.82, 2.24) is 15.5 Å². The molecule has 10 heteroatoms. The van der Waals surface area contributed by atoms with Gasteiger partial charge in [-0.1, -0.05) is 32.9 Å². The Hall–Kier alpha value is -2.20. The van der Waals surface area contributed by atoms with Crippen molar-refractivity contribution in [3.05, 3.63) is 35.4 Å². The summed E-state index contributed by atoms with van der Waals surface area (Å²) in [5, 5.41) is 5.96. The second-order valence-electron chi connectivity index (χ2n) is 9.15. The van der Waals surface area contributed by atoms with Crippen LogP contribution in [0.15, 0.2) is 29.3 Å². The van der Waals surface area contributed by atoms with E-state index in [1.54, 1.807) is 0 Å². The van der Waals surface area contributed by atoms with Gasteiger partial charge in [-0.2, -0.15) is 13.2 Å². The first-order valence-electron chi connectivity index (χ1n) is 10.9. The Morgan fingerprint density at radius 1 is 1.31 bits per heavy atom. The van der Waals surface area contributed by atoms with Gasteiger partial charge >= 0.3 is 6.18 Å². The summed E-state index contributed by atoms with van der Waals surface area (Å²) in [6, 6.07) is 4.10. The number of halogens is 4. The molecule has 2 aliphatic rings. The highest BCUT2D eigenvalue weighted by molar-refractivity contribution is 5.92. The van der Waals surface area contributed by atoms with Crippen LogP contribution < -0.4 is 16.4 Å². The molecule has 0 bridgehead atoms. The highest BCUT2D eigenvalue weighted by atomic mass is 19.4. The predicted molar refractivity (Wildman–Crippen MR) is 114 cm³/mol. The number of nitrogens with one attached hydrogen (secondary N) is 2. The monoisotopic (exact) mass is 457 g/mol. The van der Waals surface area contributed by atoms with Gasteiger partial charge in [0.2, 0.25) is 5.91 Å². The molecule has 6 nitrogen and oxygen atoms in total. The molecule has 1 fully saturated rings. The largest absolute Gasteiger partial charge is 0.416 e. The van der Waals surface area contributed by atoms with Gasteiger partial charge in [0, 0.05) is 12.6 Å². The van der Waals surface area contributed by atoms with Gasteiger partial charge in [0.25, 0.3) is 0 Å². The van der Waals surface area contributed by atoms with Crippen molar-refractivity contribution >= 4 is 11.7 Å². The number of rotatable bonds is 6. The first kappa shape index (κ1) is 24.4. The highest BCUT2D eigenvalue weighted by Crippen LogP contribution is 2.39. The normalized spacial score (nSPS) is 27.9. The number of carbonyl (C=O) groups is 1. The number of aliphatic imine (C=N–C) groups is 1. The third kappa shape index (κ3) is 5.58. The fraction of sp³-hybridized carbons (Fsp3) is 0.636. The molecule has 5 atom stereocenters. The maximum Gasteiger partial charge on any atom is 0.416 e. The van der Waals surface area contributed by atoms with Crippen LogP contribution in [-0.2, 0) is 11.0 Å². The molecule has 4 N–H and O–H groups in total. The van der Waals surface area contributed by atoms with Crippen LogP contribution in [0.3, 0.4) is 0 Å². The number of nitrogens with two attached hydrogens (primary N) is 1. The molecular formula is C22H31F4N5O. The van der Waals surface area contributed by atoms with E-state index in [2.05, 4.69) is 15.6 Å². The lowest BCUT2D eigenvalue weighted by molar-refractivity contribution is -0.137. The SMILES string of the molecule is CC(C)C[C@@H](NC1=NCNC(N2CC(C)CC2c2ccc(C(F)(F)F)cc2)C1F)C(N)=O. The molecule has 0 aromatic heterocycles. The smallest absolute Gasteiger partial charge is 0.368 e. The van der Waals surface area contributed by atoms with Crippen LogP contribution in [0.5, 0.6) is 0 Å². The second kappa shape index (κ2) is 9.74. The Morgan fingerprint density at radius 3 is 2.53 bits per heavy atom. The minimum Gasteiger partial charge on any atom is -0.368 e. The van der Waals surface area contributed by atoms with Gasteiger partial charge in [-0.3, -0.25) is 20.0 Å². The van der Waals surface area contributed by atoms with E-state index in [1.165, 1.54) is 12.1 Å². The van der Waals surface area contributed by atoms with Crippen LogP contribution >= 0.6 is 0 Å². The van der Waals surface area contributed by atoms with E-state index in [0.717, 1.165) is 12.1 Å². The zero-order chi connectivity index (χ0) is 23.6. The van der Waals surface area contributed by atoms with Crippen LogP contribution in [0, 0.1) is 11.8 Å². The van der Waals surface area contributed by atoms with E-state index >= 15 is 4.39 Å². The second-order valence-corrected chi connectivity index (χ2v) is 9.15. The van der Waals surface area contributed by atoms with Crippen molar-refractivity contribution in [3.8, 4) is 0 Å². The van der Waals surface area contributed by atoms with Gasteiger partial charge in [-0.05, 0) is 42.4 Å². The standard InChI is InChI=1S/C22H31F4N5O/c1-12(2)8-16(19(27)32)30-20-18(23)21(29-11-28-20)31-10-13(3)9-17(31)14-4-6-15(7-5-14)22(24,25)26/h4-7,12-13,16-18,21,29H,8-11H2,1-3H3,(H2,27,32)(H,28,30)/t13?,16-,17?,18?,21?/m1/s1. The minimum atomic E-state index is -4.40. The molecule has 2 heterocycles. The van der Waals surface area contributed by atoms with Gasteiger partial charge in [-0.15, -0.1) is 0 Å². The molecule has 1 aromatic rings. The number of carbonyl (C=O) groups excluding carboxylic acids is 1. The lowest BCUT2D eigenvalue weighted by Crippen LogP contribution is -2.61. The number of nitrogens with zero attached hydrogens (tertiary/aromatic N) is 2. The van der Waals surface area contributed by atoms with Gasteiger partial charge in [0.05, 0.1) is 12.2 Å². The maximum absolute atomic E-state index is 15.6. The Morgan fingerprint density at radius 2 is 1.97 bits per heavy atom. The topological polar surface area (TPSA) is 82.8 Å². The number of benzene rings is 1. The summed E-state index contributed by atoms with van der Waals surface area (Å²) in [5.74, 6) is -0.0736.